The van der Waals surface area contributed by atoms with Crippen molar-refractivity contribution in [2.75, 3.05) is 25.0 Å². The normalized spacial score (nSPS) is 17.8. The van der Waals surface area contributed by atoms with Gasteiger partial charge in [0.25, 0.3) is 0 Å². The van der Waals surface area contributed by atoms with Crippen molar-refractivity contribution >= 4 is 11.7 Å². The number of rotatable bonds is 7. The van der Waals surface area contributed by atoms with Crippen molar-refractivity contribution in [3.8, 4) is 11.5 Å². The number of nitrogens with one attached hydrogen (secondary N) is 1. The van der Waals surface area contributed by atoms with Gasteiger partial charge in [0.1, 0.15) is 11.5 Å². The fourth-order valence-corrected chi connectivity index (χ4v) is 5.85. The van der Waals surface area contributed by atoms with Crippen LogP contribution >= 0.6 is 0 Å². The van der Waals surface area contributed by atoms with E-state index in [0.717, 1.165) is 42.0 Å². The van der Waals surface area contributed by atoms with E-state index in [4.69, 9.17) is 9.47 Å². The van der Waals surface area contributed by atoms with E-state index < -0.39 is 5.60 Å². The molecule has 0 fully saturated rings. The van der Waals surface area contributed by atoms with E-state index >= 15 is 0 Å². The Kier molecular flexibility index (Phi) is 6.16. The minimum atomic E-state index is -1.06. The van der Waals surface area contributed by atoms with Crippen LogP contribution in [0.2, 0.25) is 0 Å². The first-order valence-corrected chi connectivity index (χ1v) is 13.3. The standard InChI is InChI=1S/C33H32N2O3/c1-4-35(5-2)21-29(24-13-7-6-12-22(24)3)34-23-18-19-31-28(20-23)33(27-16-10-11-17-30(27)37-31)26-15-9-8-14-25(26)32(36)38-33/h6-20,29,34H,4-5,21H2,1-3H3. The van der Waals surface area contributed by atoms with Gasteiger partial charge in [-0.2, -0.15) is 0 Å². The number of carbonyl (C=O) groups is 1. The summed E-state index contributed by atoms with van der Waals surface area (Å²) in [5.41, 5.74) is 5.51. The summed E-state index contributed by atoms with van der Waals surface area (Å²) in [6.07, 6.45) is 0. The Labute approximate surface area is 224 Å². The van der Waals surface area contributed by atoms with E-state index in [1.165, 1.54) is 11.1 Å². The van der Waals surface area contributed by atoms with Crippen LogP contribution in [-0.4, -0.2) is 30.5 Å². The van der Waals surface area contributed by atoms with Crippen molar-refractivity contribution in [3.63, 3.8) is 0 Å². The van der Waals surface area contributed by atoms with Crippen LogP contribution < -0.4 is 10.1 Å². The summed E-state index contributed by atoms with van der Waals surface area (Å²) in [5, 5.41) is 3.81. The lowest BCUT2D eigenvalue weighted by Gasteiger charge is -2.37. The number of benzene rings is 4. The summed E-state index contributed by atoms with van der Waals surface area (Å²) in [5.74, 6) is 1.07. The maximum atomic E-state index is 13.1. The zero-order chi connectivity index (χ0) is 26.3. The topological polar surface area (TPSA) is 50.8 Å². The highest BCUT2D eigenvalue weighted by atomic mass is 16.6. The van der Waals surface area contributed by atoms with Crippen molar-refractivity contribution in [1.29, 1.82) is 0 Å². The molecule has 2 atom stereocenters. The molecule has 2 unspecified atom stereocenters. The van der Waals surface area contributed by atoms with Gasteiger partial charge in [-0.1, -0.05) is 74.5 Å². The van der Waals surface area contributed by atoms with E-state index in [-0.39, 0.29) is 12.0 Å². The molecule has 0 bridgehead atoms. The van der Waals surface area contributed by atoms with Crippen LogP contribution in [0, 0.1) is 6.92 Å². The molecule has 5 nitrogen and oxygen atoms in total. The molecule has 4 aromatic rings. The van der Waals surface area contributed by atoms with Crippen LogP contribution in [0.3, 0.4) is 0 Å². The molecule has 2 aliphatic rings. The Morgan fingerprint density at radius 3 is 2.29 bits per heavy atom. The molecule has 1 spiro atoms. The van der Waals surface area contributed by atoms with Gasteiger partial charge in [-0.05, 0) is 61.5 Å². The summed E-state index contributed by atoms with van der Waals surface area (Å²) in [4.78, 5) is 15.6. The number of para-hydroxylation sites is 1. The molecule has 2 aliphatic heterocycles. The third-order valence-corrected chi connectivity index (χ3v) is 7.86. The zero-order valence-corrected chi connectivity index (χ0v) is 22.0. The molecule has 0 aromatic heterocycles. The van der Waals surface area contributed by atoms with Crippen molar-refractivity contribution in [2.45, 2.75) is 32.4 Å². The molecule has 0 radical (unpaired) electrons. The number of fused-ring (bicyclic) bond motifs is 6. The Morgan fingerprint density at radius 2 is 1.50 bits per heavy atom. The lowest BCUT2D eigenvalue weighted by molar-refractivity contribution is 0.0224. The molecule has 2 heterocycles. The van der Waals surface area contributed by atoms with Crippen LogP contribution in [0.15, 0.2) is 91.0 Å². The van der Waals surface area contributed by atoms with Gasteiger partial charge in [0.2, 0.25) is 0 Å². The SMILES string of the molecule is CCN(CC)CC(Nc1ccc2c(c1)C1(OC(=O)c3ccccc31)c1ccccc1O2)c1ccccc1C. The van der Waals surface area contributed by atoms with Gasteiger partial charge in [0.05, 0.1) is 11.6 Å². The highest BCUT2D eigenvalue weighted by Crippen LogP contribution is 2.56. The Hall–Kier alpha value is -4.09. The molecular weight excluding hydrogens is 472 g/mol. The first-order chi connectivity index (χ1) is 18.5. The number of esters is 1. The lowest BCUT2D eigenvalue weighted by atomic mass is 9.77. The van der Waals surface area contributed by atoms with Crippen molar-refractivity contribution in [3.05, 3.63) is 124 Å². The molecule has 0 saturated carbocycles. The number of hydrogen-bond acceptors (Lipinski definition) is 5. The van der Waals surface area contributed by atoms with Gasteiger partial charge < -0.3 is 19.7 Å². The van der Waals surface area contributed by atoms with E-state index in [1.54, 1.807) is 0 Å². The number of carbonyl (C=O) groups excluding carboxylic acids is 1. The number of ether oxygens (including phenoxy) is 2. The molecule has 0 amide bonds. The highest BCUT2D eigenvalue weighted by Gasteiger charge is 2.53. The number of likely N-dealkylation sites (N-methyl/N-ethyl adjacent to an activating group) is 1. The summed E-state index contributed by atoms with van der Waals surface area (Å²) in [6.45, 7) is 9.38. The molecule has 4 aromatic carbocycles. The van der Waals surface area contributed by atoms with Gasteiger partial charge in [-0.15, -0.1) is 0 Å². The predicted molar refractivity (Wildman–Crippen MR) is 150 cm³/mol. The van der Waals surface area contributed by atoms with E-state index in [1.807, 2.05) is 54.6 Å². The number of hydrogen-bond donors (Lipinski definition) is 1. The van der Waals surface area contributed by atoms with Gasteiger partial charge in [-0.3, -0.25) is 0 Å². The molecule has 192 valence electrons. The summed E-state index contributed by atoms with van der Waals surface area (Å²) < 4.78 is 12.7. The maximum absolute atomic E-state index is 13.1. The average molecular weight is 505 g/mol. The van der Waals surface area contributed by atoms with Crippen molar-refractivity contribution in [2.24, 2.45) is 0 Å². The Morgan fingerprint density at radius 1 is 0.816 bits per heavy atom. The summed E-state index contributed by atoms with van der Waals surface area (Å²) >= 11 is 0. The van der Waals surface area contributed by atoms with Crippen LogP contribution in [0.1, 0.15) is 58.1 Å². The van der Waals surface area contributed by atoms with E-state index in [0.29, 0.717) is 17.1 Å². The number of nitrogens with zero attached hydrogens (tertiary/aromatic N) is 1. The molecule has 1 N–H and O–H groups in total. The van der Waals surface area contributed by atoms with Crippen LogP contribution in [-0.2, 0) is 10.3 Å². The fourth-order valence-electron chi connectivity index (χ4n) is 5.85. The van der Waals surface area contributed by atoms with Crippen LogP contribution in [0.5, 0.6) is 11.5 Å². The first kappa shape index (κ1) is 24.3. The first-order valence-electron chi connectivity index (χ1n) is 13.3. The molecule has 0 aliphatic carbocycles. The zero-order valence-electron chi connectivity index (χ0n) is 22.0. The largest absolute Gasteiger partial charge is 0.456 e. The minimum absolute atomic E-state index is 0.0836. The Balaban J connectivity index is 1.48. The number of aryl methyl sites for hydroxylation is 1. The van der Waals surface area contributed by atoms with E-state index in [2.05, 4.69) is 67.4 Å². The molecule has 38 heavy (non-hydrogen) atoms. The minimum Gasteiger partial charge on any atom is -0.456 e. The average Bonchev–Trinajstić information content (AvgIpc) is 3.24. The third kappa shape index (κ3) is 3.86. The molecular formula is C33H32N2O3. The molecule has 6 rings (SSSR count). The second-order valence-corrected chi connectivity index (χ2v) is 9.96. The second-order valence-electron chi connectivity index (χ2n) is 9.96. The molecule has 5 heteroatoms. The van der Waals surface area contributed by atoms with Gasteiger partial charge in [0.15, 0.2) is 5.60 Å². The van der Waals surface area contributed by atoms with E-state index in [9.17, 15) is 4.79 Å². The fraction of sp³-hybridized carbons (Fsp3) is 0.242. The smallest absolute Gasteiger partial charge is 0.340 e. The maximum Gasteiger partial charge on any atom is 0.340 e. The lowest BCUT2D eigenvalue weighted by Crippen LogP contribution is -2.34. The predicted octanol–water partition coefficient (Wildman–Crippen LogP) is 7.06. The Bertz CT molecular complexity index is 1510. The third-order valence-electron chi connectivity index (χ3n) is 7.86. The van der Waals surface area contributed by atoms with Crippen LogP contribution in [0.25, 0.3) is 0 Å². The van der Waals surface area contributed by atoms with Gasteiger partial charge in [0, 0.05) is 28.9 Å². The van der Waals surface area contributed by atoms with Crippen molar-refractivity contribution < 1.29 is 14.3 Å². The summed E-state index contributed by atoms with van der Waals surface area (Å²) in [6, 6.07) is 30.2. The van der Waals surface area contributed by atoms with Crippen LogP contribution in [0.4, 0.5) is 5.69 Å². The van der Waals surface area contributed by atoms with Crippen molar-refractivity contribution in [1.82, 2.24) is 4.90 Å². The molecule has 0 saturated heterocycles. The van der Waals surface area contributed by atoms with Gasteiger partial charge >= 0.3 is 5.97 Å². The number of anilines is 1. The second kappa shape index (κ2) is 9.66. The van der Waals surface area contributed by atoms with Gasteiger partial charge in [-0.25, -0.2) is 4.79 Å². The summed E-state index contributed by atoms with van der Waals surface area (Å²) in [7, 11) is 0. The highest BCUT2D eigenvalue weighted by molar-refractivity contribution is 5.97. The monoisotopic (exact) mass is 504 g/mol. The quantitative estimate of drug-likeness (QED) is 0.273.